The Morgan fingerprint density at radius 2 is 1.79 bits per heavy atom. The molecule has 7 nitrogen and oxygen atoms in total. The highest BCUT2D eigenvalue weighted by atomic mass is 32.2. The second-order valence-corrected chi connectivity index (χ2v) is 13.0. The van der Waals surface area contributed by atoms with Crippen LogP contribution in [0.4, 0.5) is 5.69 Å². The zero-order valence-electron chi connectivity index (χ0n) is 19.8. The van der Waals surface area contributed by atoms with Crippen molar-refractivity contribution in [2.24, 2.45) is 11.8 Å². The number of carbonyl (C=O) groups is 2. The molecule has 0 bridgehead atoms. The number of hydrogen-bond acceptors (Lipinski definition) is 5. The van der Waals surface area contributed by atoms with Gasteiger partial charge in [0.15, 0.2) is 0 Å². The van der Waals surface area contributed by atoms with Crippen molar-refractivity contribution in [3.05, 3.63) is 18.2 Å². The maximum Gasteiger partial charge on any atom is 0.243 e. The number of thioether (sulfide) groups is 1. The third-order valence-corrected chi connectivity index (χ3v) is 10.1. The zero-order chi connectivity index (χ0) is 23.8. The van der Waals surface area contributed by atoms with Crippen LogP contribution in [0.5, 0.6) is 0 Å². The molecule has 9 heteroatoms. The van der Waals surface area contributed by atoms with Crippen LogP contribution in [0.15, 0.2) is 28.0 Å². The van der Waals surface area contributed by atoms with Gasteiger partial charge in [0.25, 0.3) is 0 Å². The van der Waals surface area contributed by atoms with E-state index in [0.717, 1.165) is 43.4 Å². The van der Waals surface area contributed by atoms with E-state index in [4.69, 9.17) is 0 Å². The van der Waals surface area contributed by atoms with Crippen LogP contribution in [0.1, 0.15) is 52.4 Å². The molecule has 0 radical (unpaired) electrons. The lowest BCUT2D eigenvalue weighted by Crippen LogP contribution is -2.49. The molecule has 182 valence electrons. The SMILES string of the molecule is C[C@@H]1C[C@H](C)CN(C(=O)CN2C(=O)CSc3ccc(S(=O)(=O)N(C)C4CCCCC4)cc32)C1. The molecule has 3 aliphatic rings. The summed E-state index contributed by atoms with van der Waals surface area (Å²) in [6, 6.07) is 5.00. The van der Waals surface area contributed by atoms with Crippen molar-refractivity contribution in [1.29, 1.82) is 0 Å². The van der Waals surface area contributed by atoms with Gasteiger partial charge in [-0.15, -0.1) is 11.8 Å². The number of hydrogen-bond donors (Lipinski definition) is 0. The third kappa shape index (κ3) is 5.25. The zero-order valence-corrected chi connectivity index (χ0v) is 21.5. The lowest BCUT2D eigenvalue weighted by atomic mass is 9.92. The number of sulfonamides is 1. The molecule has 4 rings (SSSR count). The summed E-state index contributed by atoms with van der Waals surface area (Å²) in [5, 5.41) is 0. The van der Waals surface area contributed by atoms with E-state index in [0.29, 0.717) is 30.6 Å². The minimum absolute atomic E-state index is 0.0107. The molecule has 2 aliphatic heterocycles. The molecule has 1 saturated carbocycles. The van der Waals surface area contributed by atoms with Gasteiger partial charge in [-0.2, -0.15) is 4.31 Å². The topological polar surface area (TPSA) is 78.0 Å². The first-order valence-corrected chi connectivity index (χ1v) is 14.4. The van der Waals surface area contributed by atoms with Gasteiger partial charge in [0, 0.05) is 31.1 Å². The number of fused-ring (bicyclic) bond motifs is 1. The van der Waals surface area contributed by atoms with Crippen LogP contribution < -0.4 is 4.90 Å². The first kappa shape index (κ1) is 24.5. The Morgan fingerprint density at radius 3 is 2.45 bits per heavy atom. The third-order valence-electron chi connectivity index (χ3n) is 7.15. The average Bonchev–Trinajstić information content (AvgIpc) is 2.80. The number of benzene rings is 1. The molecule has 2 fully saturated rings. The van der Waals surface area contributed by atoms with Gasteiger partial charge in [-0.1, -0.05) is 33.1 Å². The normalized spacial score (nSPS) is 24.8. The molecule has 0 aromatic heterocycles. The second kappa shape index (κ2) is 9.96. The van der Waals surface area contributed by atoms with E-state index in [2.05, 4.69) is 13.8 Å². The Bertz CT molecular complexity index is 997. The molecule has 2 atom stereocenters. The molecule has 1 aromatic carbocycles. The maximum absolute atomic E-state index is 13.4. The van der Waals surface area contributed by atoms with Gasteiger partial charge in [-0.05, 0) is 49.3 Å². The Hall–Kier alpha value is -1.58. The minimum Gasteiger partial charge on any atom is -0.341 e. The Balaban J connectivity index is 1.58. The molecule has 0 unspecified atom stereocenters. The predicted octanol–water partition coefficient (Wildman–Crippen LogP) is 3.58. The number of anilines is 1. The van der Waals surface area contributed by atoms with E-state index in [9.17, 15) is 18.0 Å². The maximum atomic E-state index is 13.4. The lowest BCUT2D eigenvalue weighted by molar-refractivity contribution is -0.133. The van der Waals surface area contributed by atoms with Crippen molar-refractivity contribution in [2.45, 2.75) is 68.2 Å². The number of nitrogens with zero attached hydrogens (tertiary/aromatic N) is 3. The number of amides is 2. The van der Waals surface area contributed by atoms with Crippen LogP contribution in [0, 0.1) is 11.8 Å². The van der Waals surface area contributed by atoms with E-state index < -0.39 is 10.0 Å². The summed E-state index contributed by atoms with van der Waals surface area (Å²) in [5.74, 6) is 0.886. The van der Waals surface area contributed by atoms with Gasteiger partial charge in [0.05, 0.1) is 16.3 Å². The summed E-state index contributed by atoms with van der Waals surface area (Å²) < 4.78 is 28.3. The number of rotatable bonds is 5. The highest BCUT2D eigenvalue weighted by Gasteiger charge is 2.34. The Kier molecular flexibility index (Phi) is 7.41. The fourth-order valence-electron chi connectivity index (χ4n) is 5.42. The van der Waals surface area contributed by atoms with Crippen molar-refractivity contribution in [3.63, 3.8) is 0 Å². The van der Waals surface area contributed by atoms with Crippen LogP contribution in [-0.2, 0) is 19.6 Å². The van der Waals surface area contributed by atoms with Gasteiger partial charge in [0.2, 0.25) is 21.8 Å². The Labute approximate surface area is 201 Å². The average molecular weight is 494 g/mol. The van der Waals surface area contributed by atoms with Crippen LogP contribution in [-0.4, -0.2) is 67.9 Å². The predicted molar refractivity (Wildman–Crippen MR) is 131 cm³/mol. The molecule has 1 aromatic rings. The van der Waals surface area contributed by atoms with Gasteiger partial charge in [0.1, 0.15) is 6.54 Å². The summed E-state index contributed by atoms with van der Waals surface area (Å²) in [7, 11) is -2.03. The quantitative estimate of drug-likeness (QED) is 0.627. The monoisotopic (exact) mass is 493 g/mol. The van der Waals surface area contributed by atoms with Crippen molar-refractivity contribution in [3.8, 4) is 0 Å². The first-order chi connectivity index (χ1) is 15.7. The van der Waals surface area contributed by atoms with E-state index in [1.54, 1.807) is 25.2 Å². The molecule has 2 amide bonds. The summed E-state index contributed by atoms with van der Waals surface area (Å²) in [6.45, 7) is 5.65. The lowest BCUT2D eigenvalue weighted by Gasteiger charge is -2.37. The molecular formula is C24H35N3O4S2. The van der Waals surface area contributed by atoms with Crippen molar-refractivity contribution < 1.29 is 18.0 Å². The van der Waals surface area contributed by atoms with E-state index in [1.165, 1.54) is 21.0 Å². The molecule has 0 N–H and O–H groups in total. The number of likely N-dealkylation sites (tertiary alicyclic amines) is 1. The fraction of sp³-hybridized carbons (Fsp3) is 0.667. The van der Waals surface area contributed by atoms with Gasteiger partial charge >= 0.3 is 0 Å². The molecule has 33 heavy (non-hydrogen) atoms. The van der Waals surface area contributed by atoms with Gasteiger partial charge < -0.3 is 9.80 Å². The van der Waals surface area contributed by atoms with Crippen molar-refractivity contribution in [1.82, 2.24) is 9.21 Å². The fourth-order valence-corrected chi connectivity index (χ4v) is 7.78. The standard InChI is InChI=1S/C24H35N3O4S2/c1-17-11-18(2)14-26(13-17)23(28)15-27-21-12-20(9-10-22(21)32-16-24(27)29)33(30,31)25(3)19-7-5-4-6-8-19/h9-10,12,17-19H,4-8,11,13-16H2,1-3H3/t17-,18+. The Morgan fingerprint density at radius 1 is 1.12 bits per heavy atom. The summed E-state index contributed by atoms with van der Waals surface area (Å²) >= 11 is 1.40. The van der Waals surface area contributed by atoms with Crippen LogP contribution in [0.3, 0.4) is 0 Å². The van der Waals surface area contributed by atoms with E-state index >= 15 is 0 Å². The van der Waals surface area contributed by atoms with Gasteiger partial charge in [-0.25, -0.2) is 8.42 Å². The number of piperidine rings is 1. The molecule has 2 heterocycles. The summed E-state index contributed by atoms with van der Waals surface area (Å²) in [6.07, 6.45) is 6.10. The largest absolute Gasteiger partial charge is 0.341 e. The highest BCUT2D eigenvalue weighted by Crippen LogP contribution is 2.38. The van der Waals surface area contributed by atoms with Crippen LogP contribution in [0.25, 0.3) is 0 Å². The second-order valence-electron chi connectivity index (χ2n) is 9.96. The molecule has 1 aliphatic carbocycles. The van der Waals surface area contributed by atoms with Crippen molar-refractivity contribution in [2.75, 3.05) is 37.3 Å². The van der Waals surface area contributed by atoms with E-state index in [1.807, 2.05) is 4.90 Å². The van der Waals surface area contributed by atoms with E-state index in [-0.39, 0.29) is 35.0 Å². The molecular weight excluding hydrogens is 458 g/mol. The summed E-state index contributed by atoms with van der Waals surface area (Å²) in [5.41, 5.74) is 0.529. The highest BCUT2D eigenvalue weighted by molar-refractivity contribution is 8.00. The minimum atomic E-state index is -3.69. The number of carbonyl (C=O) groups excluding carboxylic acids is 2. The van der Waals surface area contributed by atoms with Crippen LogP contribution in [0.2, 0.25) is 0 Å². The van der Waals surface area contributed by atoms with Crippen LogP contribution >= 0.6 is 11.8 Å². The first-order valence-electron chi connectivity index (χ1n) is 12.0. The molecule has 1 saturated heterocycles. The molecule has 0 spiro atoms. The smallest absolute Gasteiger partial charge is 0.243 e. The van der Waals surface area contributed by atoms with Crippen molar-refractivity contribution >= 4 is 39.3 Å². The summed E-state index contributed by atoms with van der Waals surface area (Å²) in [4.78, 5) is 30.3. The van der Waals surface area contributed by atoms with Gasteiger partial charge in [-0.3, -0.25) is 9.59 Å².